The minimum absolute atomic E-state index is 0. The Bertz CT molecular complexity index is 1960. The Morgan fingerprint density at radius 1 is 0.644 bits per heavy atom. The molecule has 1 saturated carbocycles. The van der Waals surface area contributed by atoms with E-state index >= 15 is 0 Å². The van der Waals surface area contributed by atoms with Gasteiger partial charge in [0.05, 0.1) is 0 Å². The molecule has 0 spiro atoms. The van der Waals surface area contributed by atoms with Gasteiger partial charge in [-0.1, -0.05) is 153 Å². The molecule has 0 aromatic heterocycles. The third-order valence-electron chi connectivity index (χ3n) is 10.2. The molecule has 0 saturated heterocycles. The average Bonchev–Trinajstić information content (AvgIpc) is 3.69. The maximum atomic E-state index is 3.96. The van der Waals surface area contributed by atoms with Gasteiger partial charge in [0.2, 0.25) is 0 Å². The van der Waals surface area contributed by atoms with Gasteiger partial charge in [-0.15, -0.1) is 33.4 Å². The summed E-state index contributed by atoms with van der Waals surface area (Å²) in [5.41, 5.74) is 11.1. The number of allylic oxidation sites excluding steroid dienone is 4. The number of fused-ring (bicyclic) bond motifs is 2. The van der Waals surface area contributed by atoms with Gasteiger partial charge >= 0.3 is 26.2 Å². The van der Waals surface area contributed by atoms with Crippen LogP contribution in [0.5, 0.6) is 0 Å². The Morgan fingerprint density at radius 2 is 1.27 bits per heavy atom. The van der Waals surface area contributed by atoms with Crippen molar-refractivity contribution in [3.63, 3.8) is 0 Å². The molecule has 1 fully saturated rings. The molecule has 3 aliphatic carbocycles. The number of hydrogen-bond donors (Lipinski definition) is 0. The van der Waals surface area contributed by atoms with E-state index in [4.69, 9.17) is 0 Å². The van der Waals surface area contributed by atoms with Gasteiger partial charge in [-0.2, -0.15) is 0 Å². The van der Waals surface area contributed by atoms with Crippen molar-refractivity contribution in [1.29, 1.82) is 0 Å². The molecule has 0 atom stereocenters. The molecule has 0 heterocycles. The zero-order valence-electron chi connectivity index (χ0n) is 26.8. The number of benzene rings is 4. The Hall–Kier alpha value is -2.44. The maximum absolute atomic E-state index is 3.96. The summed E-state index contributed by atoms with van der Waals surface area (Å²) in [6, 6.07) is 31.7. The molecule has 0 nitrogen and oxygen atoms in total. The van der Waals surface area contributed by atoms with Gasteiger partial charge in [-0.25, -0.2) is 0 Å². The van der Waals surface area contributed by atoms with Crippen LogP contribution in [0.4, 0.5) is 0 Å². The fourth-order valence-electron chi connectivity index (χ4n) is 7.50. The zero-order valence-corrected chi connectivity index (χ0v) is 30.8. The molecule has 1 radical (unpaired) electrons. The predicted molar refractivity (Wildman–Crippen MR) is 178 cm³/mol. The molecule has 0 unspecified atom stereocenters. The van der Waals surface area contributed by atoms with E-state index in [-0.39, 0.29) is 61.8 Å². The minimum Gasteiger partial charge on any atom is -1.00 e. The van der Waals surface area contributed by atoms with E-state index in [0.29, 0.717) is 0 Å². The predicted octanol–water partition coefficient (Wildman–Crippen LogP) is 3.11. The normalized spacial score (nSPS) is 15.1. The van der Waals surface area contributed by atoms with Crippen LogP contribution in [0.25, 0.3) is 17.2 Å². The van der Waals surface area contributed by atoms with Crippen molar-refractivity contribution >= 4 is 17.2 Å². The molecule has 0 bridgehead atoms. The second-order valence-electron chi connectivity index (χ2n) is 13.5. The summed E-state index contributed by atoms with van der Waals surface area (Å²) in [5, 5.41) is 5.41. The molecule has 3 heteroatoms. The van der Waals surface area contributed by atoms with Crippen LogP contribution in [0.1, 0.15) is 99.6 Å². The van der Waals surface area contributed by atoms with Gasteiger partial charge in [0.25, 0.3) is 0 Å². The van der Waals surface area contributed by atoms with Gasteiger partial charge in [0.15, 0.2) is 0 Å². The molecule has 7 rings (SSSR count). The summed E-state index contributed by atoms with van der Waals surface area (Å²) >= 11 is 0. The van der Waals surface area contributed by atoms with Crippen LogP contribution in [-0.2, 0) is 37.0 Å². The molecule has 3 aliphatic rings. The van der Waals surface area contributed by atoms with Gasteiger partial charge in [0, 0.05) is 10.8 Å². The molecular formula is C42H41Cl2Zr. The summed E-state index contributed by atoms with van der Waals surface area (Å²) in [6.45, 7) is 9.56. The molecule has 0 aliphatic heterocycles. The summed E-state index contributed by atoms with van der Waals surface area (Å²) in [5.74, 6) is 0. The van der Waals surface area contributed by atoms with E-state index in [1.165, 1.54) is 91.9 Å². The Balaban J connectivity index is 0.00000154. The van der Waals surface area contributed by atoms with Crippen LogP contribution in [0, 0.1) is 10.4 Å². The number of rotatable bonds is 5. The van der Waals surface area contributed by atoms with E-state index in [9.17, 15) is 0 Å². The smallest absolute Gasteiger partial charge is 1.00 e. The van der Waals surface area contributed by atoms with Crippen LogP contribution >= 0.6 is 0 Å². The molecule has 0 amide bonds. The third kappa shape index (κ3) is 6.31. The summed E-state index contributed by atoms with van der Waals surface area (Å²) in [4.78, 5) is 0. The SMILES string of the molecule is CC(C)(c1ccccc1)c1ccc2c(c1)=c1cc(C(C)(C)c3ccccc3)c(=C3CCCCC3)c(C3=CC=CC3)c1[C-]=2.[Cl-].[Cl-].[Zr+3]. The Labute approximate surface area is 300 Å². The van der Waals surface area contributed by atoms with Crippen molar-refractivity contribution in [3.05, 3.63) is 157 Å². The summed E-state index contributed by atoms with van der Waals surface area (Å²) in [7, 11) is 0. The van der Waals surface area contributed by atoms with Crippen molar-refractivity contribution in [1.82, 2.24) is 0 Å². The Kier molecular flexibility index (Phi) is 11.1. The third-order valence-corrected chi connectivity index (χ3v) is 10.2. The summed E-state index contributed by atoms with van der Waals surface area (Å²) in [6.07, 6.45) is 18.2. The van der Waals surface area contributed by atoms with Crippen molar-refractivity contribution in [2.45, 2.75) is 77.0 Å². The van der Waals surface area contributed by atoms with Crippen molar-refractivity contribution in [2.75, 3.05) is 0 Å². The molecule has 0 N–H and O–H groups in total. The molecule has 45 heavy (non-hydrogen) atoms. The first-order valence-electron chi connectivity index (χ1n) is 15.8. The summed E-state index contributed by atoms with van der Waals surface area (Å²) < 4.78 is 0. The zero-order chi connectivity index (χ0) is 28.9. The van der Waals surface area contributed by atoms with Gasteiger partial charge in [-0.05, 0) is 54.0 Å². The molecule has 4 aromatic carbocycles. The van der Waals surface area contributed by atoms with Gasteiger partial charge in [-0.3, -0.25) is 0 Å². The largest absolute Gasteiger partial charge is 3.00 e. The first-order chi connectivity index (χ1) is 20.4. The number of hydrogen-bond acceptors (Lipinski definition) is 0. The van der Waals surface area contributed by atoms with E-state index in [2.05, 4.69) is 137 Å². The van der Waals surface area contributed by atoms with Gasteiger partial charge in [0.1, 0.15) is 0 Å². The van der Waals surface area contributed by atoms with Crippen LogP contribution in [0.15, 0.2) is 103 Å². The van der Waals surface area contributed by atoms with Crippen LogP contribution in [-0.4, -0.2) is 0 Å². The van der Waals surface area contributed by atoms with Crippen molar-refractivity contribution in [3.8, 4) is 0 Å². The first kappa shape index (κ1) is 35.4. The molecular weight excluding hydrogens is 667 g/mol. The topological polar surface area (TPSA) is 0 Å². The second kappa shape index (κ2) is 14.1. The van der Waals surface area contributed by atoms with E-state index < -0.39 is 0 Å². The standard InChI is InChI=1S/C42H41.2ClH.Zr/c1-41(2,32-20-10-6-11-21-32)34-25-24-31-26-37-36(35(31)27-34)28-38(42(3,4)33-22-12-7-13-23-33)40(30-16-8-5-9-17-30)39(37)29-18-14-15-19-29;;;/h6-7,10-15,18,20-25,27-28H,5,8-9,16-17,19H2,1-4H3;2*1H;/q-1;;;+3/p-2. The van der Waals surface area contributed by atoms with Crippen molar-refractivity contribution in [2.24, 2.45) is 0 Å². The average molecular weight is 708 g/mol. The number of halogens is 2. The minimum atomic E-state index is -0.138. The van der Waals surface area contributed by atoms with E-state index in [0.717, 1.165) is 6.42 Å². The van der Waals surface area contributed by atoms with Crippen LogP contribution in [0.2, 0.25) is 0 Å². The monoisotopic (exact) mass is 705 g/mol. The first-order valence-corrected chi connectivity index (χ1v) is 15.8. The second-order valence-corrected chi connectivity index (χ2v) is 13.5. The molecule has 4 aromatic rings. The van der Waals surface area contributed by atoms with E-state index in [1.54, 1.807) is 5.57 Å². The maximum Gasteiger partial charge on any atom is 3.00 e. The van der Waals surface area contributed by atoms with Crippen LogP contribution in [0.3, 0.4) is 0 Å². The fourth-order valence-corrected chi connectivity index (χ4v) is 7.50. The quantitative estimate of drug-likeness (QED) is 0.247. The van der Waals surface area contributed by atoms with Crippen LogP contribution < -0.4 is 35.3 Å². The molecule has 227 valence electrons. The van der Waals surface area contributed by atoms with E-state index in [1.807, 2.05) is 0 Å². The van der Waals surface area contributed by atoms with Crippen molar-refractivity contribution < 1.29 is 51.0 Å². The Morgan fingerprint density at radius 3 is 1.87 bits per heavy atom. The van der Waals surface area contributed by atoms with Gasteiger partial charge < -0.3 is 24.8 Å². The fraction of sp³-hybridized carbons (Fsp3) is 0.286.